The molecule has 2 N–H and O–H groups in total. The Kier molecular flexibility index (Phi) is 5.87. The van der Waals surface area contributed by atoms with Crippen LogP contribution in [-0.4, -0.2) is 24.2 Å². The number of alkyl halides is 2. The molecule has 0 aliphatic rings. The van der Waals surface area contributed by atoms with Crippen molar-refractivity contribution >= 4 is 5.91 Å². The Labute approximate surface area is 139 Å². The van der Waals surface area contributed by atoms with Crippen LogP contribution in [0.4, 0.5) is 8.78 Å². The van der Waals surface area contributed by atoms with Crippen LogP contribution >= 0.6 is 0 Å². The average Bonchev–Trinajstić information content (AvgIpc) is 2.60. The van der Waals surface area contributed by atoms with E-state index in [1.165, 1.54) is 12.1 Å². The van der Waals surface area contributed by atoms with Crippen molar-refractivity contribution in [3.05, 3.63) is 65.7 Å². The van der Waals surface area contributed by atoms with Crippen LogP contribution in [0.2, 0.25) is 0 Å². The van der Waals surface area contributed by atoms with Crippen LogP contribution in [0.5, 0.6) is 5.75 Å². The van der Waals surface area contributed by atoms with E-state index in [1.54, 1.807) is 43.3 Å². The zero-order valence-corrected chi connectivity index (χ0v) is 13.2. The highest BCUT2D eigenvalue weighted by molar-refractivity contribution is 5.86. The molecule has 0 aromatic heterocycles. The van der Waals surface area contributed by atoms with Crippen molar-refractivity contribution in [1.29, 1.82) is 0 Å². The summed E-state index contributed by atoms with van der Waals surface area (Å²) in [5.41, 5.74) is 0.0383. The van der Waals surface area contributed by atoms with Crippen LogP contribution < -0.4 is 10.1 Å². The third-order valence-electron chi connectivity index (χ3n) is 3.50. The Hall–Kier alpha value is -2.47. The molecule has 0 radical (unpaired) electrons. The second-order valence-corrected chi connectivity index (χ2v) is 5.12. The van der Waals surface area contributed by atoms with Gasteiger partial charge in [-0.15, -0.1) is 0 Å². The summed E-state index contributed by atoms with van der Waals surface area (Å²) in [4.78, 5) is 12.1. The summed E-state index contributed by atoms with van der Waals surface area (Å²) in [6.07, 6.45) is 0. The third kappa shape index (κ3) is 3.89. The molecule has 128 valence electrons. The number of para-hydroxylation sites is 1. The number of benzene rings is 2. The maximum Gasteiger partial charge on any atom is 0.353 e. The lowest BCUT2D eigenvalue weighted by molar-refractivity contribution is -0.148. The predicted octanol–water partition coefficient (Wildman–Crippen LogP) is 3.03. The fourth-order valence-corrected chi connectivity index (χ4v) is 2.30. The van der Waals surface area contributed by atoms with Crippen molar-refractivity contribution in [1.82, 2.24) is 5.32 Å². The van der Waals surface area contributed by atoms with Gasteiger partial charge in [0.1, 0.15) is 5.75 Å². The summed E-state index contributed by atoms with van der Waals surface area (Å²) in [6.45, 7) is 1.39. The molecule has 6 heteroatoms. The largest absolute Gasteiger partial charge is 0.493 e. The van der Waals surface area contributed by atoms with Gasteiger partial charge in [-0.25, -0.2) is 0 Å². The lowest BCUT2D eigenvalue weighted by Crippen LogP contribution is -2.41. The standard InChI is InChI=1S/C18H19F2NO3/c1-2-24-16-11-7-6-10-14(16)18(19,20)17(23)21-15(12-22)13-8-4-3-5-9-13/h3-11,15,22H,2,12H2,1H3,(H,21,23). The molecule has 2 aromatic carbocycles. The Bertz CT molecular complexity index is 677. The van der Waals surface area contributed by atoms with Gasteiger partial charge in [-0.1, -0.05) is 42.5 Å². The molecule has 0 spiro atoms. The number of nitrogens with one attached hydrogen (secondary N) is 1. The van der Waals surface area contributed by atoms with E-state index in [4.69, 9.17) is 4.74 Å². The lowest BCUT2D eigenvalue weighted by atomic mass is 10.0. The van der Waals surface area contributed by atoms with Gasteiger partial charge in [0.15, 0.2) is 0 Å². The van der Waals surface area contributed by atoms with Gasteiger partial charge in [0, 0.05) is 0 Å². The van der Waals surface area contributed by atoms with Gasteiger partial charge in [-0.3, -0.25) is 4.79 Å². The molecule has 1 amide bonds. The highest BCUT2D eigenvalue weighted by atomic mass is 19.3. The topological polar surface area (TPSA) is 58.6 Å². The molecule has 0 saturated heterocycles. The van der Waals surface area contributed by atoms with Gasteiger partial charge >= 0.3 is 5.92 Å². The number of hydrogen-bond acceptors (Lipinski definition) is 3. The number of ether oxygens (including phenoxy) is 1. The number of carbonyl (C=O) groups is 1. The maximum absolute atomic E-state index is 14.6. The lowest BCUT2D eigenvalue weighted by Gasteiger charge is -2.23. The number of hydrogen-bond donors (Lipinski definition) is 2. The van der Waals surface area contributed by atoms with Crippen molar-refractivity contribution in [3.63, 3.8) is 0 Å². The van der Waals surface area contributed by atoms with E-state index in [0.717, 1.165) is 6.07 Å². The van der Waals surface area contributed by atoms with Crippen LogP contribution in [0.3, 0.4) is 0 Å². The van der Waals surface area contributed by atoms with Crippen molar-refractivity contribution in [2.75, 3.05) is 13.2 Å². The van der Waals surface area contributed by atoms with Crippen LogP contribution in [0.15, 0.2) is 54.6 Å². The summed E-state index contributed by atoms with van der Waals surface area (Å²) in [6, 6.07) is 13.1. The van der Waals surface area contributed by atoms with Gasteiger partial charge in [0.2, 0.25) is 0 Å². The Morgan fingerprint density at radius 3 is 2.42 bits per heavy atom. The van der Waals surface area contributed by atoms with Crippen LogP contribution in [0.1, 0.15) is 24.1 Å². The molecule has 0 bridgehead atoms. The maximum atomic E-state index is 14.6. The van der Waals surface area contributed by atoms with Gasteiger partial charge in [-0.2, -0.15) is 8.78 Å². The molecule has 1 atom stereocenters. The first-order chi connectivity index (χ1) is 11.5. The highest BCUT2D eigenvalue weighted by Crippen LogP contribution is 2.35. The summed E-state index contributed by atoms with van der Waals surface area (Å²) in [5, 5.41) is 11.6. The molecule has 0 saturated carbocycles. The smallest absolute Gasteiger partial charge is 0.353 e. The second kappa shape index (κ2) is 7.88. The summed E-state index contributed by atoms with van der Waals surface area (Å²) in [5.74, 6) is -5.31. The number of carbonyl (C=O) groups excluding carboxylic acids is 1. The van der Waals surface area contributed by atoms with Gasteiger partial charge in [0.05, 0.1) is 24.8 Å². The third-order valence-corrected chi connectivity index (χ3v) is 3.50. The number of aliphatic hydroxyl groups is 1. The van der Waals surface area contributed by atoms with Gasteiger partial charge in [0.25, 0.3) is 5.91 Å². The first-order valence-electron chi connectivity index (χ1n) is 7.57. The van der Waals surface area contributed by atoms with E-state index in [9.17, 15) is 18.7 Å². The van der Waals surface area contributed by atoms with Gasteiger partial charge in [-0.05, 0) is 24.6 Å². The minimum atomic E-state index is -3.78. The molecular formula is C18H19F2NO3. The second-order valence-electron chi connectivity index (χ2n) is 5.12. The summed E-state index contributed by atoms with van der Waals surface area (Å²) < 4.78 is 34.3. The van der Waals surface area contributed by atoms with Crippen molar-refractivity contribution in [2.45, 2.75) is 18.9 Å². The van der Waals surface area contributed by atoms with Crippen LogP contribution in [-0.2, 0) is 10.7 Å². The fourth-order valence-electron chi connectivity index (χ4n) is 2.30. The normalized spacial score (nSPS) is 12.5. The highest BCUT2D eigenvalue weighted by Gasteiger charge is 2.44. The number of amides is 1. The Morgan fingerprint density at radius 2 is 1.79 bits per heavy atom. The van der Waals surface area contributed by atoms with E-state index in [0.29, 0.717) is 5.56 Å². The zero-order valence-electron chi connectivity index (χ0n) is 13.2. The molecule has 2 aromatic rings. The molecule has 4 nitrogen and oxygen atoms in total. The molecule has 2 rings (SSSR count). The first kappa shape index (κ1) is 17.9. The first-order valence-corrected chi connectivity index (χ1v) is 7.57. The zero-order chi connectivity index (χ0) is 17.6. The minimum Gasteiger partial charge on any atom is -0.493 e. The van der Waals surface area contributed by atoms with Crippen molar-refractivity contribution in [2.24, 2.45) is 0 Å². The molecule has 0 aliphatic heterocycles. The summed E-state index contributed by atoms with van der Waals surface area (Å²) >= 11 is 0. The number of rotatable bonds is 7. The quantitative estimate of drug-likeness (QED) is 0.818. The molecule has 0 fully saturated rings. The molecule has 0 heterocycles. The molecule has 24 heavy (non-hydrogen) atoms. The molecular weight excluding hydrogens is 316 g/mol. The van der Waals surface area contributed by atoms with Crippen molar-refractivity contribution in [3.8, 4) is 5.75 Å². The van der Waals surface area contributed by atoms with E-state index in [1.807, 2.05) is 0 Å². The van der Waals surface area contributed by atoms with Crippen molar-refractivity contribution < 1.29 is 23.4 Å². The van der Waals surface area contributed by atoms with E-state index >= 15 is 0 Å². The minimum absolute atomic E-state index is 0.0413. The van der Waals surface area contributed by atoms with E-state index < -0.39 is 30.0 Å². The Balaban J connectivity index is 2.24. The SMILES string of the molecule is CCOc1ccccc1C(F)(F)C(=O)NC(CO)c1ccccc1. The number of aliphatic hydroxyl groups excluding tert-OH is 1. The summed E-state index contributed by atoms with van der Waals surface area (Å²) in [7, 11) is 0. The molecule has 0 aliphatic carbocycles. The van der Waals surface area contributed by atoms with Gasteiger partial charge < -0.3 is 15.2 Å². The van der Waals surface area contributed by atoms with Crippen LogP contribution in [0, 0.1) is 0 Å². The predicted molar refractivity (Wildman–Crippen MR) is 85.9 cm³/mol. The van der Waals surface area contributed by atoms with E-state index in [2.05, 4.69) is 5.32 Å². The fraction of sp³-hybridized carbons (Fsp3) is 0.278. The molecule has 1 unspecified atom stereocenters. The average molecular weight is 335 g/mol. The van der Waals surface area contributed by atoms with Crippen LogP contribution in [0.25, 0.3) is 0 Å². The van der Waals surface area contributed by atoms with E-state index in [-0.39, 0.29) is 12.4 Å². The monoisotopic (exact) mass is 335 g/mol. The Morgan fingerprint density at radius 1 is 1.17 bits per heavy atom. The number of halogens is 2.